The van der Waals surface area contributed by atoms with Crippen LogP contribution >= 0.6 is 11.3 Å². The van der Waals surface area contributed by atoms with E-state index in [1.165, 1.54) is 12.8 Å². The van der Waals surface area contributed by atoms with E-state index in [0.717, 1.165) is 17.7 Å². The summed E-state index contributed by atoms with van der Waals surface area (Å²) >= 11 is 1.56. The van der Waals surface area contributed by atoms with Crippen LogP contribution < -0.4 is 0 Å². The molecule has 2 nitrogen and oxygen atoms in total. The predicted octanol–water partition coefficient (Wildman–Crippen LogP) is 2.81. The Kier molecular flexibility index (Phi) is 2.94. The van der Waals surface area contributed by atoms with Gasteiger partial charge in [-0.15, -0.1) is 11.3 Å². The fourth-order valence-electron chi connectivity index (χ4n) is 2.47. The highest BCUT2D eigenvalue weighted by Gasteiger charge is 2.43. The molecule has 1 saturated carbocycles. The third-order valence-electron chi connectivity index (χ3n) is 3.45. The molecule has 2 rings (SSSR count). The number of hydrogen-bond donors (Lipinski definition) is 0. The lowest BCUT2D eigenvalue weighted by Crippen LogP contribution is -2.48. The summed E-state index contributed by atoms with van der Waals surface area (Å²) in [6.07, 6.45) is 4.37. The molecule has 0 bridgehead atoms. The number of nitrogens with zero attached hydrogens (tertiary/aromatic N) is 1. The third-order valence-corrected chi connectivity index (χ3v) is 4.32. The standard InChI is InChI=1S/C12H17NOS/c1-13(2)12(7-3-4-8-12)11(14)10-6-5-9-15-10/h5-6,9H,3-4,7-8H2,1-2H3. The molecule has 0 saturated heterocycles. The predicted molar refractivity (Wildman–Crippen MR) is 63.5 cm³/mol. The molecule has 1 aromatic heterocycles. The number of carbonyl (C=O) groups excluding carboxylic acids is 1. The van der Waals surface area contributed by atoms with Gasteiger partial charge in [-0.05, 0) is 38.4 Å². The average molecular weight is 223 g/mol. The number of likely N-dealkylation sites (N-methyl/N-ethyl adjacent to an activating group) is 1. The van der Waals surface area contributed by atoms with Crippen molar-refractivity contribution in [1.82, 2.24) is 4.90 Å². The Morgan fingerprint density at radius 2 is 2.07 bits per heavy atom. The largest absolute Gasteiger partial charge is 0.297 e. The first-order chi connectivity index (χ1) is 7.17. The second-order valence-corrected chi connectivity index (χ2v) is 5.39. The maximum absolute atomic E-state index is 12.4. The number of hydrogen-bond acceptors (Lipinski definition) is 3. The van der Waals surface area contributed by atoms with Gasteiger partial charge in [-0.1, -0.05) is 18.9 Å². The summed E-state index contributed by atoms with van der Waals surface area (Å²) in [5.74, 6) is 0.319. The molecule has 0 radical (unpaired) electrons. The van der Waals surface area contributed by atoms with Gasteiger partial charge in [0.05, 0.1) is 10.4 Å². The maximum atomic E-state index is 12.4. The van der Waals surface area contributed by atoms with Crippen LogP contribution in [0.5, 0.6) is 0 Å². The highest BCUT2D eigenvalue weighted by molar-refractivity contribution is 7.12. The third kappa shape index (κ3) is 1.74. The molecular formula is C12H17NOS. The Labute approximate surface area is 94.9 Å². The minimum Gasteiger partial charge on any atom is -0.297 e. The van der Waals surface area contributed by atoms with Crippen LogP contribution in [0.1, 0.15) is 35.4 Å². The molecule has 0 atom stereocenters. The summed E-state index contributed by atoms with van der Waals surface area (Å²) < 4.78 is 0. The highest BCUT2D eigenvalue weighted by Crippen LogP contribution is 2.37. The second-order valence-electron chi connectivity index (χ2n) is 4.44. The number of rotatable bonds is 3. The van der Waals surface area contributed by atoms with Gasteiger partial charge in [0.2, 0.25) is 0 Å². The molecule has 1 aromatic rings. The second kappa shape index (κ2) is 4.06. The zero-order valence-corrected chi connectivity index (χ0v) is 10.1. The van der Waals surface area contributed by atoms with Crippen molar-refractivity contribution in [2.75, 3.05) is 14.1 Å². The van der Waals surface area contributed by atoms with E-state index in [9.17, 15) is 4.79 Å². The highest BCUT2D eigenvalue weighted by atomic mass is 32.1. The van der Waals surface area contributed by atoms with Gasteiger partial charge < -0.3 is 0 Å². The van der Waals surface area contributed by atoms with Gasteiger partial charge in [0.1, 0.15) is 0 Å². The van der Waals surface area contributed by atoms with Crippen LogP contribution in [0.4, 0.5) is 0 Å². The van der Waals surface area contributed by atoms with E-state index in [0.29, 0.717) is 5.78 Å². The molecule has 0 amide bonds. The fourth-order valence-corrected chi connectivity index (χ4v) is 3.23. The Morgan fingerprint density at radius 1 is 1.40 bits per heavy atom. The van der Waals surface area contributed by atoms with Crippen LogP contribution in [0.25, 0.3) is 0 Å². The Morgan fingerprint density at radius 3 is 2.53 bits per heavy atom. The first-order valence-electron chi connectivity index (χ1n) is 5.42. The lowest BCUT2D eigenvalue weighted by Gasteiger charge is -2.34. The van der Waals surface area contributed by atoms with Crippen LogP contribution in [0, 0.1) is 0 Å². The number of carbonyl (C=O) groups is 1. The molecule has 0 aliphatic heterocycles. The Bertz CT molecular complexity index is 337. The lowest BCUT2D eigenvalue weighted by atomic mass is 9.89. The van der Waals surface area contributed by atoms with Gasteiger partial charge >= 0.3 is 0 Å². The van der Waals surface area contributed by atoms with Crippen molar-refractivity contribution in [3.8, 4) is 0 Å². The van der Waals surface area contributed by atoms with Crippen LogP contribution in [-0.4, -0.2) is 30.3 Å². The summed E-state index contributed by atoms with van der Waals surface area (Å²) in [6, 6.07) is 3.90. The van der Waals surface area contributed by atoms with E-state index in [2.05, 4.69) is 4.90 Å². The van der Waals surface area contributed by atoms with Crippen molar-refractivity contribution >= 4 is 17.1 Å². The molecule has 1 fully saturated rings. The van der Waals surface area contributed by atoms with Crippen LogP contribution in [0.3, 0.4) is 0 Å². The molecule has 1 heterocycles. The van der Waals surface area contributed by atoms with Crippen molar-refractivity contribution in [2.45, 2.75) is 31.2 Å². The van der Waals surface area contributed by atoms with E-state index in [4.69, 9.17) is 0 Å². The normalized spacial score (nSPS) is 19.7. The van der Waals surface area contributed by atoms with E-state index in [-0.39, 0.29) is 5.54 Å². The summed E-state index contributed by atoms with van der Waals surface area (Å²) in [5, 5.41) is 1.98. The molecule has 0 N–H and O–H groups in total. The molecule has 3 heteroatoms. The van der Waals surface area contributed by atoms with Gasteiger partial charge in [-0.25, -0.2) is 0 Å². The summed E-state index contributed by atoms with van der Waals surface area (Å²) in [4.78, 5) is 15.5. The smallest absolute Gasteiger partial charge is 0.192 e. The van der Waals surface area contributed by atoms with Crippen molar-refractivity contribution in [1.29, 1.82) is 0 Å². The average Bonchev–Trinajstić information content (AvgIpc) is 2.89. The zero-order valence-electron chi connectivity index (χ0n) is 9.32. The SMILES string of the molecule is CN(C)C1(C(=O)c2cccs2)CCCC1. The summed E-state index contributed by atoms with van der Waals surface area (Å²) in [6.45, 7) is 0. The quantitative estimate of drug-likeness (QED) is 0.734. The molecule has 0 unspecified atom stereocenters. The van der Waals surface area contributed by atoms with Gasteiger partial charge in [-0.3, -0.25) is 9.69 Å². The van der Waals surface area contributed by atoms with E-state index >= 15 is 0 Å². The molecule has 1 aliphatic carbocycles. The number of thiophene rings is 1. The monoisotopic (exact) mass is 223 g/mol. The lowest BCUT2D eigenvalue weighted by molar-refractivity contribution is 0.0698. The first kappa shape index (κ1) is 10.8. The molecule has 0 spiro atoms. The maximum Gasteiger partial charge on any atom is 0.192 e. The zero-order chi connectivity index (χ0) is 10.9. The van der Waals surface area contributed by atoms with Gasteiger partial charge in [-0.2, -0.15) is 0 Å². The Hall–Kier alpha value is -0.670. The van der Waals surface area contributed by atoms with E-state index in [1.807, 2.05) is 31.6 Å². The molecular weight excluding hydrogens is 206 g/mol. The minimum atomic E-state index is -0.217. The topological polar surface area (TPSA) is 20.3 Å². The van der Waals surface area contributed by atoms with E-state index < -0.39 is 0 Å². The molecule has 82 valence electrons. The Balaban J connectivity index is 2.30. The number of Topliss-reactive ketones (excluding diaryl/α,β-unsaturated/α-hetero) is 1. The molecule has 0 aromatic carbocycles. The molecule has 15 heavy (non-hydrogen) atoms. The van der Waals surface area contributed by atoms with Crippen LogP contribution in [0.2, 0.25) is 0 Å². The van der Waals surface area contributed by atoms with Crippen molar-refractivity contribution < 1.29 is 4.79 Å². The van der Waals surface area contributed by atoms with Gasteiger partial charge in [0, 0.05) is 0 Å². The fraction of sp³-hybridized carbons (Fsp3) is 0.583. The summed E-state index contributed by atoms with van der Waals surface area (Å²) in [7, 11) is 4.05. The minimum absolute atomic E-state index is 0.217. The van der Waals surface area contributed by atoms with Crippen molar-refractivity contribution in [2.24, 2.45) is 0 Å². The first-order valence-corrected chi connectivity index (χ1v) is 6.30. The van der Waals surface area contributed by atoms with Gasteiger partial charge in [0.15, 0.2) is 5.78 Å². The number of ketones is 1. The van der Waals surface area contributed by atoms with E-state index in [1.54, 1.807) is 11.3 Å². The van der Waals surface area contributed by atoms with Crippen LogP contribution in [-0.2, 0) is 0 Å². The van der Waals surface area contributed by atoms with Crippen molar-refractivity contribution in [3.05, 3.63) is 22.4 Å². The van der Waals surface area contributed by atoms with Crippen molar-refractivity contribution in [3.63, 3.8) is 0 Å². The van der Waals surface area contributed by atoms with Gasteiger partial charge in [0.25, 0.3) is 0 Å². The molecule has 1 aliphatic rings. The van der Waals surface area contributed by atoms with Crippen LogP contribution in [0.15, 0.2) is 17.5 Å². The summed E-state index contributed by atoms with van der Waals surface area (Å²) in [5.41, 5.74) is -0.217.